The summed E-state index contributed by atoms with van der Waals surface area (Å²) in [5.74, 6) is 1.42. The minimum Gasteiger partial charge on any atom is -0.353 e. The molecule has 0 unspecified atom stereocenters. The maximum Gasteiger partial charge on any atom is 0.222 e. The molecule has 88 valence electrons. The lowest BCUT2D eigenvalue weighted by Crippen LogP contribution is -2.05. The van der Waals surface area contributed by atoms with Crippen molar-refractivity contribution in [3.8, 4) is 11.1 Å². The first-order chi connectivity index (χ1) is 8.29. The van der Waals surface area contributed by atoms with Gasteiger partial charge in [0.05, 0.1) is 0 Å². The summed E-state index contributed by atoms with van der Waals surface area (Å²) in [6, 6.07) is 8.30. The SMILES string of the molecule is Cc1cccc(-c2cnc(NCCS)nc2)c1. The van der Waals surface area contributed by atoms with Gasteiger partial charge in [-0.1, -0.05) is 29.8 Å². The van der Waals surface area contributed by atoms with E-state index in [9.17, 15) is 0 Å². The Labute approximate surface area is 107 Å². The van der Waals surface area contributed by atoms with Gasteiger partial charge in [-0.25, -0.2) is 9.97 Å². The molecule has 1 aromatic heterocycles. The fraction of sp³-hybridized carbons (Fsp3) is 0.231. The highest BCUT2D eigenvalue weighted by molar-refractivity contribution is 7.80. The van der Waals surface area contributed by atoms with Gasteiger partial charge >= 0.3 is 0 Å². The fourth-order valence-electron chi connectivity index (χ4n) is 1.56. The Kier molecular flexibility index (Phi) is 3.98. The second-order valence-electron chi connectivity index (χ2n) is 3.82. The largest absolute Gasteiger partial charge is 0.353 e. The molecule has 0 atom stereocenters. The first kappa shape index (κ1) is 11.9. The lowest BCUT2D eigenvalue weighted by Gasteiger charge is -2.04. The number of nitrogens with zero attached hydrogens (tertiary/aromatic N) is 2. The predicted octanol–water partition coefficient (Wildman–Crippen LogP) is 2.79. The number of aryl methyl sites for hydroxylation is 1. The van der Waals surface area contributed by atoms with Crippen LogP contribution in [-0.4, -0.2) is 22.3 Å². The van der Waals surface area contributed by atoms with Crippen LogP contribution in [-0.2, 0) is 0 Å². The minimum atomic E-state index is 0.649. The van der Waals surface area contributed by atoms with E-state index in [1.54, 1.807) is 0 Å². The maximum absolute atomic E-state index is 4.27. The van der Waals surface area contributed by atoms with Crippen LogP contribution in [0.15, 0.2) is 36.7 Å². The molecule has 1 N–H and O–H groups in total. The van der Waals surface area contributed by atoms with Crippen LogP contribution < -0.4 is 5.32 Å². The number of nitrogens with one attached hydrogen (secondary N) is 1. The van der Waals surface area contributed by atoms with Gasteiger partial charge in [-0.15, -0.1) is 0 Å². The van der Waals surface area contributed by atoms with Crippen molar-refractivity contribution in [2.24, 2.45) is 0 Å². The molecule has 0 saturated carbocycles. The zero-order valence-corrected chi connectivity index (χ0v) is 10.6. The first-order valence-electron chi connectivity index (χ1n) is 5.53. The van der Waals surface area contributed by atoms with Gasteiger partial charge < -0.3 is 5.32 Å². The Morgan fingerprint density at radius 3 is 2.59 bits per heavy atom. The van der Waals surface area contributed by atoms with Gasteiger partial charge in [0.2, 0.25) is 5.95 Å². The number of rotatable bonds is 4. The van der Waals surface area contributed by atoms with Crippen LogP contribution in [0.2, 0.25) is 0 Å². The molecule has 0 bridgehead atoms. The molecule has 0 aliphatic rings. The average molecular weight is 245 g/mol. The molecule has 2 rings (SSSR count). The molecule has 0 fully saturated rings. The molecule has 1 aromatic carbocycles. The van der Waals surface area contributed by atoms with Crippen molar-refractivity contribution < 1.29 is 0 Å². The van der Waals surface area contributed by atoms with Gasteiger partial charge in [0.1, 0.15) is 0 Å². The van der Waals surface area contributed by atoms with Gasteiger partial charge in [-0.2, -0.15) is 12.6 Å². The smallest absolute Gasteiger partial charge is 0.222 e. The number of anilines is 1. The van der Waals surface area contributed by atoms with E-state index in [0.29, 0.717) is 5.95 Å². The third-order valence-electron chi connectivity index (χ3n) is 2.40. The second kappa shape index (κ2) is 5.68. The topological polar surface area (TPSA) is 37.8 Å². The average Bonchev–Trinajstić information content (AvgIpc) is 2.37. The normalized spacial score (nSPS) is 10.2. The van der Waals surface area contributed by atoms with E-state index in [4.69, 9.17) is 0 Å². The molecule has 17 heavy (non-hydrogen) atoms. The van der Waals surface area contributed by atoms with Gasteiger partial charge in [0, 0.05) is 30.3 Å². The van der Waals surface area contributed by atoms with Crippen molar-refractivity contribution in [3.05, 3.63) is 42.2 Å². The van der Waals surface area contributed by atoms with Gasteiger partial charge in [-0.3, -0.25) is 0 Å². The summed E-state index contributed by atoms with van der Waals surface area (Å²) in [5.41, 5.74) is 3.41. The highest BCUT2D eigenvalue weighted by Gasteiger charge is 2.00. The quantitative estimate of drug-likeness (QED) is 0.813. The van der Waals surface area contributed by atoms with Crippen molar-refractivity contribution in [2.75, 3.05) is 17.6 Å². The fourth-order valence-corrected chi connectivity index (χ4v) is 1.67. The standard InChI is InChI=1S/C13H15N3S/c1-10-3-2-4-11(7-10)12-8-15-13(16-9-12)14-5-6-17/h2-4,7-9,17H,5-6H2,1H3,(H,14,15,16). The molecule has 2 aromatic rings. The molecule has 3 nitrogen and oxygen atoms in total. The number of thiol groups is 1. The molecule has 4 heteroatoms. The van der Waals surface area contributed by atoms with Gasteiger partial charge in [-0.05, 0) is 12.5 Å². The Hall–Kier alpha value is -1.55. The lowest BCUT2D eigenvalue weighted by molar-refractivity contribution is 1.09. The summed E-state index contributed by atoms with van der Waals surface area (Å²) >= 11 is 4.12. The van der Waals surface area contributed by atoms with Crippen LogP contribution in [0.5, 0.6) is 0 Å². The number of hydrogen-bond donors (Lipinski definition) is 2. The summed E-state index contributed by atoms with van der Waals surface area (Å²) in [6.07, 6.45) is 3.67. The monoisotopic (exact) mass is 245 g/mol. The zero-order chi connectivity index (χ0) is 12.1. The molecule has 1 heterocycles. The Morgan fingerprint density at radius 2 is 1.94 bits per heavy atom. The molecule has 0 amide bonds. The van der Waals surface area contributed by atoms with Crippen LogP contribution >= 0.6 is 12.6 Å². The summed E-state index contributed by atoms with van der Waals surface area (Å²) < 4.78 is 0. The van der Waals surface area contributed by atoms with E-state index in [0.717, 1.165) is 23.4 Å². The minimum absolute atomic E-state index is 0.649. The maximum atomic E-state index is 4.27. The molecular formula is C13H15N3S. The van der Waals surface area contributed by atoms with E-state index >= 15 is 0 Å². The van der Waals surface area contributed by atoms with Crippen LogP contribution in [0, 0.1) is 6.92 Å². The summed E-state index contributed by atoms with van der Waals surface area (Å²) in [5, 5.41) is 3.09. The van der Waals surface area contributed by atoms with Crippen molar-refractivity contribution in [1.82, 2.24) is 9.97 Å². The van der Waals surface area contributed by atoms with E-state index in [1.807, 2.05) is 18.5 Å². The Bertz CT molecular complexity index is 482. The van der Waals surface area contributed by atoms with Crippen LogP contribution in [0.25, 0.3) is 11.1 Å². The molecule has 0 saturated heterocycles. The number of hydrogen-bond acceptors (Lipinski definition) is 4. The van der Waals surface area contributed by atoms with Crippen LogP contribution in [0.1, 0.15) is 5.56 Å². The van der Waals surface area contributed by atoms with Gasteiger partial charge in [0.25, 0.3) is 0 Å². The number of benzene rings is 1. The number of aromatic nitrogens is 2. The van der Waals surface area contributed by atoms with Crippen LogP contribution in [0.4, 0.5) is 5.95 Å². The molecular weight excluding hydrogens is 230 g/mol. The third kappa shape index (κ3) is 3.20. The first-order valence-corrected chi connectivity index (χ1v) is 6.16. The van der Waals surface area contributed by atoms with E-state index in [-0.39, 0.29) is 0 Å². The van der Waals surface area contributed by atoms with Crippen molar-refractivity contribution in [2.45, 2.75) is 6.92 Å². The summed E-state index contributed by atoms with van der Waals surface area (Å²) in [6.45, 7) is 2.85. The molecule has 0 aliphatic heterocycles. The Balaban J connectivity index is 2.17. The molecule has 0 aliphatic carbocycles. The van der Waals surface area contributed by atoms with Crippen molar-refractivity contribution >= 4 is 18.6 Å². The summed E-state index contributed by atoms with van der Waals surface area (Å²) in [7, 11) is 0. The predicted molar refractivity (Wildman–Crippen MR) is 74.5 cm³/mol. The van der Waals surface area contributed by atoms with E-state index < -0.39 is 0 Å². The van der Waals surface area contributed by atoms with Gasteiger partial charge in [0.15, 0.2) is 0 Å². The zero-order valence-electron chi connectivity index (χ0n) is 9.72. The Morgan fingerprint density at radius 1 is 1.18 bits per heavy atom. The van der Waals surface area contributed by atoms with E-state index in [2.05, 4.69) is 53.0 Å². The second-order valence-corrected chi connectivity index (χ2v) is 4.26. The molecule has 0 radical (unpaired) electrons. The summed E-state index contributed by atoms with van der Waals surface area (Å²) in [4.78, 5) is 8.53. The van der Waals surface area contributed by atoms with Crippen molar-refractivity contribution in [1.29, 1.82) is 0 Å². The highest BCUT2D eigenvalue weighted by Crippen LogP contribution is 2.18. The highest BCUT2D eigenvalue weighted by atomic mass is 32.1. The van der Waals surface area contributed by atoms with E-state index in [1.165, 1.54) is 5.56 Å². The molecule has 0 spiro atoms. The third-order valence-corrected chi connectivity index (χ3v) is 2.62. The van der Waals surface area contributed by atoms with Crippen LogP contribution in [0.3, 0.4) is 0 Å². The lowest BCUT2D eigenvalue weighted by atomic mass is 10.1. The van der Waals surface area contributed by atoms with Crippen molar-refractivity contribution in [3.63, 3.8) is 0 Å².